The monoisotopic (exact) mass is 1260 g/mol. The predicted octanol–water partition coefficient (Wildman–Crippen LogP) is -8.74. The van der Waals surface area contributed by atoms with Crippen LogP contribution in [0.4, 0.5) is 0 Å². The van der Waals surface area contributed by atoms with Gasteiger partial charge in [-0.15, -0.1) is 0 Å². The molecule has 9 amide bonds. The minimum absolute atomic E-state index is 0.0136. The second-order valence-electron chi connectivity index (χ2n) is 20.3. The van der Waals surface area contributed by atoms with E-state index in [0.29, 0.717) is 11.8 Å². The summed E-state index contributed by atoms with van der Waals surface area (Å²) in [4.78, 5) is 172. The number of nitrogens with two attached hydrogens (primary N) is 4. The Balaban J connectivity index is 2.22. The average molecular weight is 1260 g/mol. The van der Waals surface area contributed by atoms with Crippen LogP contribution in [0, 0.1) is 0 Å². The fourth-order valence-corrected chi connectivity index (χ4v) is 8.61. The van der Waals surface area contributed by atoms with E-state index in [2.05, 4.69) is 81.3 Å². The maximum atomic E-state index is 14.9. The van der Waals surface area contributed by atoms with Crippen molar-refractivity contribution >= 4 is 95.6 Å². The van der Waals surface area contributed by atoms with Crippen LogP contribution in [0.25, 0.3) is 0 Å². The number of benzene rings is 2. The number of nitrogens with one attached hydrogen (secondary N) is 11. The van der Waals surface area contributed by atoms with Crippen molar-refractivity contribution in [2.24, 2.45) is 32.9 Å². The molecule has 2 aromatic rings. The summed E-state index contributed by atoms with van der Waals surface area (Å²) in [6.07, 6.45) is -7.13. The Morgan fingerprint density at radius 2 is 1.09 bits per heavy atom. The van der Waals surface area contributed by atoms with Gasteiger partial charge >= 0.3 is 0 Å². The number of aliphatic imine (C=N–C) groups is 2. The molecule has 2 aromatic carbocycles. The molecule has 88 heavy (non-hydrogen) atoms. The SMILES string of the molecule is C[C@@H](O)[C@@H]1NC(=O)[C@H]([C@@H](C)O)NC(=O)[C@@H](CS)NC(=O)C[C@@H](C(=O)N[C@@H](Cc2ccc(O)cc2)C(=O)NC(Cc2ccc(O)cc2)C(=O)N[C@@H](CCCN=C(N)N)C(=O)NCC(=O)NCC=O)NN[C@@H](CCCN=C(N)N)C(=O)C(=O)[C@H]([C@@H](C)O)NC1=O. The van der Waals surface area contributed by atoms with Gasteiger partial charge in [0.25, 0.3) is 0 Å². The van der Waals surface area contributed by atoms with Crippen molar-refractivity contribution in [3.63, 3.8) is 0 Å². The van der Waals surface area contributed by atoms with Gasteiger partial charge in [0.1, 0.15) is 66.1 Å². The van der Waals surface area contributed by atoms with Crippen molar-refractivity contribution in [3.05, 3.63) is 59.7 Å². The van der Waals surface area contributed by atoms with Gasteiger partial charge in [-0.05, 0) is 81.8 Å². The molecule has 0 saturated carbocycles. The van der Waals surface area contributed by atoms with Crippen LogP contribution in [0.1, 0.15) is 64.0 Å². The summed E-state index contributed by atoms with van der Waals surface area (Å²) in [7, 11) is 0. The zero-order chi connectivity index (χ0) is 65.8. The smallest absolute Gasteiger partial charge is 0.245 e. The Bertz CT molecular complexity index is 2820. The fourth-order valence-electron chi connectivity index (χ4n) is 8.35. The van der Waals surface area contributed by atoms with E-state index in [4.69, 9.17) is 22.9 Å². The summed E-state index contributed by atoms with van der Waals surface area (Å²) in [5, 5.41) is 73.4. The number of thiol groups is 1. The summed E-state index contributed by atoms with van der Waals surface area (Å²) in [5.41, 5.74) is 27.6. The van der Waals surface area contributed by atoms with E-state index >= 15 is 0 Å². The molecule has 0 aliphatic carbocycles. The first-order chi connectivity index (χ1) is 41.5. The topological polar surface area (TPSA) is 567 Å². The number of aliphatic hydroxyl groups is 3. The number of nitrogens with zero attached hydrogens (tertiary/aromatic N) is 2. The van der Waals surface area contributed by atoms with E-state index in [0.717, 1.165) is 20.8 Å². The van der Waals surface area contributed by atoms with Crippen LogP contribution in [0.15, 0.2) is 58.5 Å². The van der Waals surface area contributed by atoms with Crippen LogP contribution < -0.4 is 81.6 Å². The highest BCUT2D eigenvalue weighted by Crippen LogP contribution is 2.16. The summed E-state index contributed by atoms with van der Waals surface area (Å²) in [5.74, 6) is -14.1. The van der Waals surface area contributed by atoms with Gasteiger partial charge < -0.3 is 101 Å². The summed E-state index contributed by atoms with van der Waals surface area (Å²) in [6, 6.07) is -5.34. The van der Waals surface area contributed by atoms with Crippen molar-refractivity contribution in [3.8, 4) is 11.5 Å². The number of Topliss-reactive ketones (excluding diaryl/α,β-unsaturated/α-hetero) is 2. The maximum Gasteiger partial charge on any atom is 0.245 e. The standard InChI is InChI=1S/C53H79N17O17S/c1-25(72)40-44(80)43(79)32(6-4-16-59-52(54)55)69-70-36(22-38(77)62-37(24-88)49(85)67-41(26(2)73)51(87)68-42(27(3)74)50(86)66-40)48(84)65-35(21-29-10-14-31(76)15-11-29)47(83)64-34(20-28-8-12-30(75)13-9-28)46(82)63-33(7-5-17-60-53(56)57)45(81)61-23-39(78)58-18-19-71/h8-15,19,25-27,32-37,40-42,69-70,72-76,88H,4-7,16-18,20-24H2,1-3H3,(H,58,78)(H,61,81)(H,62,77)(H,63,82)(H,64,83)(H,65,84)(H,66,86)(H,67,85)(H,68,87)(H4,54,55,59)(H4,56,57,60)/t25-,26-,27-,32+,33+,34?,35+,36+,37-,40+,41+,42+/m1/s1. The summed E-state index contributed by atoms with van der Waals surface area (Å²) >= 11 is 4.17. The number of carbonyl (C=O) groups excluding carboxylic acids is 12. The molecule has 0 bridgehead atoms. The van der Waals surface area contributed by atoms with Crippen LogP contribution in [-0.2, 0) is 70.4 Å². The van der Waals surface area contributed by atoms with Gasteiger partial charge in [0.15, 0.2) is 11.9 Å². The number of aldehydes is 1. The molecule has 1 unspecified atom stereocenters. The van der Waals surface area contributed by atoms with Gasteiger partial charge in [0.05, 0.1) is 43.9 Å². The quantitative estimate of drug-likeness (QED) is 0.00986. The number of rotatable bonds is 27. The molecule has 35 heteroatoms. The highest BCUT2D eigenvalue weighted by Gasteiger charge is 2.40. The lowest BCUT2D eigenvalue weighted by Crippen LogP contribution is -2.63. The lowest BCUT2D eigenvalue weighted by molar-refractivity contribution is -0.143. The highest BCUT2D eigenvalue weighted by atomic mass is 32.1. The maximum absolute atomic E-state index is 14.9. The Morgan fingerprint density at radius 3 is 1.58 bits per heavy atom. The molecule has 1 saturated heterocycles. The first-order valence-corrected chi connectivity index (χ1v) is 28.2. The van der Waals surface area contributed by atoms with E-state index in [9.17, 15) is 83.1 Å². The minimum Gasteiger partial charge on any atom is -0.508 e. The van der Waals surface area contributed by atoms with E-state index in [1.54, 1.807) is 0 Å². The molecule has 1 aliphatic heterocycles. The van der Waals surface area contributed by atoms with Crippen molar-refractivity contribution in [2.45, 2.75) is 138 Å². The molecule has 0 aromatic heterocycles. The van der Waals surface area contributed by atoms with Crippen molar-refractivity contribution in [1.82, 2.24) is 58.7 Å². The number of ketones is 2. The number of guanidine groups is 2. The number of phenols is 2. The molecule has 484 valence electrons. The first kappa shape index (κ1) is 73.2. The van der Waals surface area contributed by atoms with E-state index in [1.807, 2.05) is 0 Å². The largest absolute Gasteiger partial charge is 0.508 e. The lowest BCUT2D eigenvalue weighted by atomic mass is 9.96. The van der Waals surface area contributed by atoms with Crippen LogP contribution in [0.3, 0.4) is 0 Å². The third-order valence-corrected chi connectivity index (χ3v) is 13.4. The van der Waals surface area contributed by atoms with Crippen LogP contribution >= 0.6 is 12.6 Å². The molecule has 3 rings (SSSR count). The van der Waals surface area contributed by atoms with Crippen LogP contribution in [0.5, 0.6) is 11.5 Å². The molecule has 24 N–H and O–H groups in total. The fraction of sp³-hybridized carbons (Fsp3) is 0.509. The average Bonchev–Trinajstić information content (AvgIpc) is 3.25. The lowest BCUT2D eigenvalue weighted by Gasteiger charge is -2.29. The van der Waals surface area contributed by atoms with Crippen molar-refractivity contribution in [2.75, 3.05) is 31.9 Å². The number of amides is 9. The number of carbonyl (C=O) groups is 12. The number of aromatic hydroxyl groups is 2. The Morgan fingerprint density at radius 1 is 0.614 bits per heavy atom. The normalized spacial score (nSPS) is 20.9. The Hall–Kier alpha value is -9.03. The van der Waals surface area contributed by atoms with Gasteiger partial charge in [0.2, 0.25) is 64.7 Å². The molecule has 34 nitrogen and oxygen atoms in total. The van der Waals surface area contributed by atoms with Crippen LogP contribution in [0.2, 0.25) is 0 Å². The third-order valence-electron chi connectivity index (χ3n) is 13.1. The molecule has 1 heterocycles. The van der Waals surface area contributed by atoms with Gasteiger partial charge in [0, 0.05) is 31.7 Å². The second-order valence-corrected chi connectivity index (χ2v) is 20.7. The molecule has 12 atom stereocenters. The number of hydrogen-bond donors (Lipinski definition) is 21. The number of aliphatic hydroxyl groups excluding tert-OH is 3. The third kappa shape index (κ3) is 25.1. The zero-order valence-corrected chi connectivity index (χ0v) is 49.3. The molecule has 0 spiro atoms. The first-order valence-electron chi connectivity index (χ1n) is 27.6. The number of phenolic OH excluding ortho intramolecular Hbond substituents is 2. The molecule has 1 fully saturated rings. The van der Waals surface area contributed by atoms with Crippen molar-refractivity contribution < 1.29 is 83.1 Å². The highest BCUT2D eigenvalue weighted by molar-refractivity contribution is 7.80. The van der Waals surface area contributed by atoms with Crippen molar-refractivity contribution in [1.29, 1.82) is 0 Å². The summed E-state index contributed by atoms with van der Waals surface area (Å²) < 4.78 is 0. The van der Waals surface area contributed by atoms with Crippen LogP contribution in [-0.4, -0.2) is 213 Å². The molecular formula is C53H79N17O17S. The Labute approximate surface area is 510 Å². The van der Waals surface area contributed by atoms with Gasteiger partial charge in [-0.25, -0.2) is 10.9 Å². The van der Waals surface area contributed by atoms with Gasteiger partial charge in [-0.3, -0.25) is 62.7 Å². The van der Waals surface area contributed by atoms with Gasteiger partial charge in [-0.2, -0.15) is 12.6 Å². The Kier molecular flexibility index (Phi) is 30.7. The predicted molar refractivity (Wildman–Crippen MR) is 316 cm³/mol. The second kappa shape index (κ2) is 36.8. The summed E-state index contributed by atoms with van der Waals surface area (Å²) in [6.45, 7) is 2.05. The number of hydrazine groups is 1. The van der Waals surface area contributed by atoms with Gasteiger partial charge in [-0.1, -0.05) is 24.3 Å². The molecule has 0 radical (unpaired) electrons. The zero-order valence-electron chi connectivity index (χ0n) is 48.4. The molecule has 1 aliphatic rings. The van der Waals surface area contributed by atoms with E-state index < -0.39 is 163 Å². The molecular weight excluding hydrogens is 1180 g/mol. The van der Waals surface area contributed by atoms with E-state index in [-0.39, 0.29) is 80.7 Å². The van der Waals surface area contributed by atoms with E-state index in [1.165, 1.54) is 48.5 Å². The number of hydrogen-bond acceptors (Lipinski definition) is 22. The minimum atomic E-state index is -2.08.